The molecule has 1 aliphatic carbocycles. The maximum absolute atomic E-state index is 11.2. The Kier molecular flexibility index (Phi) is 12.4. The Morgan fingerprint density at radius 1 is 1.22 bits per heavy atom. The molecule has 2 heteroatoms. The smallest absolute Gasteiger partial charge is 0.133 e. The molecule has 27 heavy (non-hydrogen) atoms. The summed E-state index contributed by atoms with van der Waals surface area (Å²) in [5.74, 6) is 1.12. The van der Waals surface area contributed by atoms with Gasteiger partial charge < -0.3 is 0 Å². The molecule has 0 spiro atoms. The van der Waals surface area contributed by atoms with E-state index >= 15 is 0 Å². The van der Waals surface area contributed by atoms with Crippen LogP contribution >= 0.6 is 0 Å². The van der Waals surface area contributed by atoms with Crippen LogP contribution in [0.2, 0.25) is 0 Å². The third-order valence-electron chi connectivity index (χ3n) is 5.37. The van der Waals surface area contributed by atoms with E-state index < -0.39 is 0 Å². The number of Topliss-reactive ketones (excluding diaryl/α,β-unsaturated/α-hetero) is 1. The fourth-order valence-electron chi connectivity index (χ4n) is 3.21. The van der Waals surface area contributed by atoms with E-state index in [2.05, 4.69) is 45.9 Å². The Morgan fingerprint density at radius 3 is 2.33 bits per heavy atom. The highest BCUT2D eigenvalue weighted by atomic mass is 16.1. The first-order valence-corrected chi connectivity index (χ1v) is 10.3. The summed E-state index contributed by atoms with van der Waals surface area (Å²) < 4.78 is 0. The molecule has 0 saturated heterocycles. The first-order chi connectivity index (χ1) is 12.7. The highest BCUT2D eigenvalue weighted by molar-refractivity contribution is 5.79. The van der Waals surface area contributed by atoms with Gasteiger partial charge in [-0.05, 0) is 74.6 Å². The maximum atomic E-state index is 11.2. The van der Waals surface area contributed by atoms with Gasteiger partial charge in [-0.2, -0.15) is 5.26 Å². The Hall–Kier alpha value is -1.88. The number of nitrogens with zero attached hydrogens (tertiary/aromatic N) is 1. The van der Waals surface area contributed by atoms with Gasteiger partial charge in [-0.1, -0.05) is 52.3 Å². The minimum Gasteiger partial charge on any atom is -0.300 e. The lowest BCUT2D eigenvalue weighted by atomic mass is 9.67. The van der Waals surface area contributed by atoms with Crippen molar-refractivity contribution in [1.29, 1.82) is 5.26 Å². The number of hydrogen-bond acceptors (Lipinski definition) is 2. The van der Waals surface area contributed by atoms with Gasteiger partial charge in [0, 0.05) is 12.8 Å². The Bertz CT molecular complexity index is 634. The fraction of sp³-hybridized carbons (Fsp3) is 0.600. The molecule has 150 valence electrons. The number of carbonyl (C=O) groups excluding carboxylic acids is 1. The zero-order valence-electron chi connectivity index (χ0n) is 18.6. The molecule has 1 aromatic carbocycles. The van der Waals surface area contributed by atoms with Crippen molar-refractivity contribution in [2.24, 2.45) is 11.3 Å². The molecule has 0 radical (unpaired) electrons. The van der Waals surface area contributed by atoms with Crippen molar-refractivity contribution in [3.05, 3.63) is 47.0 Å². The molecule has 1 saturated carbocycles. The topological polar surface area (TPSA) is 40.9 Å². The zero-order valence-corrected chi connectivity index (χ0v) is 18.6. The van der Waals surface area contributed by atoms with Crippen molar-refractivity contribution in [3.63, 3.8) is 0 Å². The highest BCUT2D eigenvalue weighted by Crippen LogP contribution is 2.41. The summed E-state index contributed by atoms with van der Waals surface area (Å²) in [4.78, 5) is 11.2. The molecular weight excluding hydrogens is 330 g/mol. The summed E-state index contributed by atoms with van der Waals surface area (Å²) in [6.07, 6.45) is 10.5. The lowest BCUT2D eigenvalue weighted by Crippen LogP contribution is -2.31. The van der Waals surface area contributed by atoms with Gasteiger partial charge in [0.05, 0.1) is 11.6 Å². The molecule has 1 aromatic rings. The average Bonchev–Trinajstić information content (AvgIpc) is 2.63. The van der Waals surface area contributed by atoms with Gasteiger partial charge in [0.25, 0.3) is 0 Å². The van der Waals surface area contributed by atoms with Crippen LogP contribution in [0.25, 0.3) is 0 Å². The van der Waals surface area contributed by atoms with Crippen LogP contribution in [0.1, 0.15) is 89.8 Å². The summed E-state index contributed by atoms with van der Waals surface area (Å²) in [6.45, 7) is 15.0. The van der Waals surface area contributed by atoms with E-state index in [0.717, 1.165) is 31.2 Å². The summed E-state index contributed by atoms with van der Waals surface area (Å²) in [6, 6.07) is 7.79. The van der Waals surface area contributed by atoms with Gasteiger partial charge in [-0.15, -0.1) is 0 Å². The van der Waals surface area contributed by atoms with E-state index in [-0.39, 0.29) is 0 Å². The van der Waals surface area contributed by atoms with Crippen LogP contribution in [0, 0.1) is 36.5 Å². The van der Waals surface area contributed by atoms with Gasteiger partial charge in [0.2, 0.25) is 0 Å². The molecule has 0 aliphatic heterocycles. The van der Waals surface area contributed by atoms with Gasteiger partial charge in [-0.3, -0.25) is 4.79 Å². The molecule has 1 fully saturated rings. The lowest BCUT2D eigenvalue weighted by molar-refractivity contribution is -0.124. The second-order valence-corrected chi connectivity index (χ2v) is 8.11. The van der Waals surface area contributed by atoms with Gasteiger partial charge >= 0.3 is 0 Å². The van der Waals surface area contributed by atoms with Crippen LogP contribution in [-0.2, 0) is 4.79 Å². The lowest BCUT2D eigenvalue weighted by Gasteiger charge is -2.37. The number of allylic oxidation sites excluding steroid dienone is 2. The molecule has 0 bridgehead atoms. The Morgan fingerprint density at radius 2 is 1.89 bits per heavy atom. The number of ketones is 1. The normalized spacial score (nSPS) is 18.0. The van der Waals surface area contributed by atoms with E-state index in [1.165, 1.54) is 24.0 Å². The third kappa shape index (κ3) is 10.1. The largest absolute Gasteiger partial charge is 0.300 e. The van der Waals surface area contributed by atoms with Gasteiger partial charge in [-0.25, -0.2) is 0 Å². The SMILES string of the molecule is C/C=C/CC.CCCC1CC(=O)CCC1(C)C.Cc1ccc(C#N)cc1C. The number of aryl methyl sites for hydroxylation is 2. The molecule has 0 amide bonds. The van der Waals surface area contributed by atoms with E-state index in [0.29, 0.717) is 17.1 Å². The molecule has 1 unspecified atom stereocenters. The Labute approximate surface area is 167 Å². The minimum absolute atomic E-state index is 0.407. The monoisotopic (exact) mass is 369 g/mol. The standard InChI is InChI=1S/C11H20O.C9H9N.C5H10/c1-4-5-9-8-10(12)6-7-11(9,2)3;1-7-3-4-9(6-10)5-8(7)2;1-3-5-4-2/h9H,4-8H2,1-3H3;3-5H,1-2H3;3,5H,4H2,1-2H3/b;;5-3+. The second-order valence-electron chi connectivity index (χ2n) is 8.11. The zero-order chi connectivity index (χ0) is 20.9. The second kappa shape index (κ2) is 13.3. The fourth-order valence-corrected chi connectivity index (χ4v) is 3.21. The number of nitriles is 1. The van der Waals surface area contributed by atoms with Gasteiger partial charge in [0.15, 0.2) is 0 Å². The number of benzene rings is 1. The highest BCUT2D eigenvalue weighted by Gasteiger charge is 2.34. The minimum atomic E-state index is 0.407. The molecule has 2 nitrogen and oxygen atoms in total. The Balaban J connectivity index is 0.000000408. The van der Waals surface area contributed by atoms with E-state index in [4.69, 9.17) is 5.26 Å². The molecule has 0 aromatic heterocycles. The van der Waals surface area contributed by atoms with Crippen LogP contribution < -0.4 is 0 Å². The first kappa shape index (κ1) is 25.1. The quantitative estimate of drug-likeness (QED) is 0.523. The third-order valence-corrected chi connectivity index (χ3v) is 5.37. The van der Waals surface area contributed by atoms with Crippen molar-refractivity contribution in [2.45, 2.75) is 87.0 Å². The van der Waals surface area contributed by atoms with Crippen LogP contribution in [0.3, 0.4) is 0 Å². The maximum Gasteiger partial charge on any atom is 0.133 e. The van der Waals surface area contributed by atoms with Crippen molar-refractivity contribution in [2.75, 3.05) is 0 Å². The number of hydrogen-bond donors (Lipinski definition) is 0. The van der Waals surface area contributed by atoms with E-state index in [1.807, 2.05) is 39.0 Å². The molecular formula is C25H39NO. The summed E-state index contributed by atoms with van der Waals surface area (Å²) in [5.41, 5.74) is 3.56. The predicted molar refractivity (Wildman–Crippen MR) is 117 cm³/mol. The predicted octanol–water partition coefficient (Wildman–Crippen LogP) is 7.33. The summed E-state index contributed by atoms with van der Waals surface area (Å²) in [7, 11) is 0. The molecule has 1 aliphatic rings. The number of carbonyl (C=O) groups is 1. The van der Waals surface area contributed by atoms with Crippen molar-refractivity contribution >= 4 is 5.78 Å². The van der Waals surface area contributed by atoms with Crippen LogP contribution in [-0.4, -0.2) is 5.78 Å². The van der Waals surface area contributed by atoms with Crippen molar-refractivity contribution < 1.29 is 4.79 Å². The van der Waals surface area contributed by atoms with Crippen molar-refractivity contribution in [3.8, 4) is 6.07 Å². The molecule has 0 heterocycles. The van der Waals surface area contributed by atoms with E-state index in [1.54, 1.807) is 0 Å². The van der Waals surface area contributed by atoms with E-state index in [9.17, 15) is 4.79 Å². The number of rotatable bonds is 3. The van der Waals surface area contributed by atoms with Gasteiger partial charge in [0.1, 0.15) is 5.78 Å². The van der Waals surface area contributed by atoms with Crippen LogP contribution in [0.5, 0.6) is 0 Å². The summed E-state index contributed by atoms with van der Waals surface area (Å²) >= 11 is 0. The molecule has 2 rings (SSSR count). The summed E-state index contributed by atoms with van der Waals surface area (Å²) in [5, 5.41) is 8.50. The molecule has 1 atom stereocenters. The average molecular weight is 370 g/mol. The first-order valence-electron chi connectivity index (χ1n) is 10.3. The van der Waals surface area contributed by atoms with Crippen LogP contribution in [0.15, 0.2) is 30.4 Å². The van der Waals surface area contributed by atoms with Crippen molar-refractivity contribution in [1.82, 2.24) is 0 Å². The van der Waals surface area contributed by atoms with Crippen LogP contribution in [0.4, 0.5) is 0 Å². The molecule has 0 N–H and O–H groups in total.